The number of aromatic nitrogens is 2. The van der Waals surface area contributed by atoms with Gasteiger partial charge in [0.15, 0.2) is 12.0 Å². The smallest absolute Gasteiger partial charge is 0.351 e. The first-order valence-electron chi connectivity index (χ1n) is 5.58. The zero-order valence-corrected chi connectivity index (χ0v) is 10.1. The van der Waals surface area contributed by atoms with Crippen molar-refractivity contribution < 1.29 is 25.3 Å². The quantitative estimate of drug-likeness (QED) is 0.401. The van der Waals surface area contributed by atoms with E-state index in [4.69, 9.17) is 15.1 Å². The predicted molar refractivity (Wildman–Crippen MR) is 61.5 cm³/mol. The van der Waals surface area contributed by atoms with Gasteiger partial charge in [-0.3, -0.25) is 15.3 Å². The number of hydrogen-bond donors (Lipinski definition) is 5. The molecule has 1 fully saturated rings. The van der Waals surface area contributed by atoms with Crippen molar-refractivity contribution in [1.29, 1.82) is 0 Å². The third-order valence-corrected chi connectivity index (χ3v) is 3.13. The summed E-state index contributed by atoms with van der Waals surface area (Å²) in [5.74, 6) is -0.0573. The van der Waals surface area contributed by atoms with Gasteiger partial charge < -0.3 is 20.1 Å². The second kappa shape index (κ2) is 4.87. The van der Waals surface area contributed by atoms with Gasteiger partial charge in [-0.25, -0.2) is 4.79 Å². The molecule has 2 heterocycles. The molecular formula is C10H15N3O6. The van der Waals surface area contributed by atoms with Gasteiger partial charge in [0.1, 0.15) is 17.8 Å². The van der Waals surface area contributed by atoms with Crippen molar-refractivity contribution in [1.82, 2.24) is 9.55 Å². The van der Waals surface area contributed by atoms with E-state index >= 15 is 0 Å². The molecule has 0 bridgehead atoms. The Morgan fingerprint density at radius 1 is 1.63 bits per heavy atom. The SMILES string of the molecule is CC1(O)[C@@H](O)[C@@H](CO)O[C@H]1n1ccc(NO)nc1=O. The van der Waals surface area contributed by atoms with Crippen molar-refractivity contribution in [3.63, 3.8) is 0 Å². The molecule has 2 rings (SSSR count). The fourth-order valence-electron chi connectivity index (χ4n) is 2.04. The van der Waals surface area contributed by atoms with E-state index in [9.17, 15) is 15.0 Å². The lowest BCUT2D eigenvalue weighted by atomic mass is 9.96. The fraction of sp³-hybridized carbons (Fsp3) is 0.600. The highest BCUT2D eigenvalue weighted by Crippen LogP contribution is 2.37. The van der Waals surface area contributed by atoms with Crippen LogP contribution in [0.5, 0.6) is 0 Å². The molecule has 1 saturated heterocycles. The lowest BCUT2D eigenvalue weighted by Crippen LogP contribution is -2.46. The van der Waals surface area contributed by atoms with Gasteiger partial charge in [0, 0.05) is 6.20 Å². The van der Waals surface area contributed by atoms with Crippen molar-refractivity contribution >= 4 is 5.82 Å². The van der Waals surface area contributed by atoms with E-state index in [1.807, 2.05) is 0 Å². The number of hydrogen-bond acceptors (Lipinski definition) is 8. The summed E-state index contributed by atoms with van der Waals surface area (Å²) < 4.78 is 6.24. The first-order chi connectivity index (χ1) is 8.91. The van der Waals surface area contributed by atoms with Crippen LogP contribution in [-0.2, 0) is 4.74 Å². The molecule has 0 aliphatic carbocycles. The number of aliphatic hydroxyl groups is 3. The predicted octanol–water partition coefficient (Wildman–Crippen LogP) is -1.95. The Hall–Kier alpha value is -1.52. The Labute approximate surface area is 107 Å². The lowest BCUT2D eigenvalue weighted by molar-refractivity contribution is -0.0987. The van der Waals surface area contributed by atoms with E-state index in [0.29, 0.717) is 0 Å². The van der Waals surface area contributed by atoms with Crippen LogP contribution in [0.4, 0.5) is 5.82 Å². The Bertz CT molecular complexity index is 516. The summed E-state index contributed by atoms with van der Waals surface area (Å²) in [6.45, 7) is 0.801. The minimum Gasteiger partial charge on any atom is -0.394 e. The van der Waals surface area contributed by atoms with Gasteiger partial charge >= 0.3 is 5.69 Å². The first-order valence-corrected chi connectivity index (χ1v) is 5.58. The van der Waals surface area contributed by atoms with Crippen LogP contribution in [0.1, 0.15) is 13.2 Å². The average molecular weight is 273 g/mol. The maximum atomic E-state index is 11.7. The highest BCUT2D eigenvalue weighted by Gasteiger charge is 2.53. The van der Waals surface area contributed by atoms with E-state index in [-0.39, 0.29) is 5.82 Å². The number of anilines is 1. The zero-order valence-electron chi connectivity index (χ0n) is 10.1. The van der Waals surface area contributed by atoms with Crippen LogP contribution in [0.2, 0.25) is 0 Å². The summed E-state index contributed by atoms with van der Waals surface area (Å²) in [4.78, 5) is 15.2. The molecule has 106 valence electrons. The molecule has 4 atom stereocenters. The van der Waals surface area contributed by atoms with Crippen LogP contribution in [0.25, 0.3) is 0 Å². The second-order valence-corrected chi connectivity index (χ2v) is 4.49. The Balaban J connectivity index is 2.39. The van der Waals surface area contributed by atoms with Crippen molar-refractivity contribution in [2.75, 3.05) is 12.1 Å². The van der Waals surface area contributed by atoms with Crippen LogP contribution in [0, 0.1) is 0 Å². The number of nitrogens with one attached hydrogen (secondary N) is 1. The molecule has 0 saturated carbocycles. The van der Waals surface area contributed by atoms with Crippen LogP contribution in [-0.4, -0.2) is 54.5 Å². The van der Waals surface area contributed by atoms with Crippen molar-refractivity contribution in [2.45, 2.75) is 31.0 Å². The minimum atomic E-state index is -1.76. The summed E-state index contributed by atoms with van der Waals surface area (Å²) in [6, 6.07) is 1.29. The second-order valence-electron chi connectivity index (χ2n) is 4.49. The molecule has 1 unspecified atom stereocenters. The van der Waals surface area contributed by atoms with E-state index in [2.05, 4.69) is 4.98 Å². The molecule has 0 spiro atoms. The highest BCUT2D eigenvalue weighted by atomic mass is 16.6. The first kappa shape index (κ1) is 13.9. The third kappa shape index (κ3) is 2.22. The number of ether oxygens (including phenoxy) is 1. The van der Waals surface area contributed by atoms with Crippen LogP contribution >= 0.6 is 0 Å². The van der Waals surface area contributed by atoms with Crippen molar-refractivity contribution in [3.8, 4) is 0 Å². The van der Waals surface area contributed by atoms with Crippen molar-refractivity contribution in [3.05, 3.63) is 22.7 Å². The molecule has 9 heteroatoms. The molecule has 1 aliphatic rings. The Kier molecular flexibility index (Phi) is 3.56. The summed E-state index contributed by atoms with van der Waals surface area (Å²) in [5.41, 5.74) is -0.821. The van der Waals surface area contributed by atoms with Gasteiger partial charge in [0.25, 0.3) is 0 Å². The number of rotatable bonds is 3. The van der Waals surface area contributed by atoms with Gasteiger partial charge in [-0.05, 0) is 13.0 Å². The molecule has 1 aromatic rings. The molecule has 5 N–H and O–H groups in total. The summed E-state index contributed by atoms with van der Waals surface area (Å²) in [7, 11) is 0. The van der Waals surface area contributed by atoms with Crippen molar-refractivity contribution in [2.24, 2.45) is 0 Å². The molecule has 1 aromatic heterocycles. The van der Waals surface area contributed by atoms with E-state index in [0.717, 1.165) is 4.57 Å². The zero-order chi connectivity index (χ0) is 14.2. The topological polar surface area (TPSA) is 137 Å². The fourth-order valence-corrected chi connectivity index (χ4v) is 2.04. The van der Waals surface area contributed by atoms with Gasteiger partial charge in [0.2, 0.25) is 0 Å². The molecule has 0 radical (unpaired) electrons. The molecule has 19 heavy (non-hydrogen) atoms. The van der Waals surface area contributed by atoms with Gasteiger partial charge in [-0.1, -0.05) is 0 Å². The monoisotopic (exact) mass is 273 g/mol. The third-order valence-electron chi connectivity index (χ3n) is 3.13. The summed E-state index contributed by atoms with van der Waals surface area (Å²) in [5, 5.41) is 37.7. The number of aliphatic hydroxyl groups excluding tert-OH is 2. The van der Waals surface area contributed by atoms with Gasteiger partial charge in [0.05, 0.1) is 6.61 Å². The molecular weight excluding hydrogens is 258 g/mol. The van der Waals surface area contributed by atoms with Crippen LogP contribution in [0.15, 0.2) is 17.1 Å². The molecule has 0 amide bonds. The summed E-state index contributed by atoms with van der Waals surface area (Å²) in [6.07, 6.45) is -2.28. The largest absolute Gasteiger partial charge is 0.394 e. The lowest BCUT2D eigenvalue weighted by Gasteiger charge is -2.27. The normalized spacial score (nSPS) is 34.5. The van der Waals surface area contributed by atoms with Gasteiger partial charge in [-0.2, -0.15) is 4.98 Å². The van der Waals surface area contributed by atoms with Crippen LogP contribution < -0.4 is 11.2 Å². The summed E-state index contributed by atoms with van der Waals surface area (Å²) >= 11 is 0. The Morgan fingerprint density at radius 3 is 2.79 bits per heavy atom. The maximum Gasteiger partial charge on any atom is 0.351 e. The van der Waals surface area contributed by atoms with E-state index in [1.165, 1.54) is 19.2 Å². The number of nitrogens with zero attached hydrogens (tertiary/aromatic N) is 2. The molecule has 9 nitrogen and oxygen atoms in total. The highest BCUT2D eigenvalue weighted by molar-refractivity contribution is 5.28. The van der Waals surface area contributed by atoms with Gasteiger partial charge in [-0.15, -0.1) is 0 Å². The average Bonchev–Trinajstić information content (AvgIpc) is 2.61. The minimum absolute atomic E-state index is 0.0573. The van der Waals surface area contributed by atoms with E-state index < -0.39 is 36.3 Å². The standard InChI is InChI=1S/C10H15N3O6/c1-10(17)7(15)5(4-14)19-8(10)13-3-2-6(12-18)11-9(13)16/h2-3,5,7-8,14-15,17-18H,4H2,1H3,(H,11,12,16)/t5-,7+,8-,10?/m1/s1. The van der Waals surface area contributed by atoms with Crippen LogP contribution in [0.3, 0.4) is 0 Å². The maximum absolute atomic E-state index is 11.7. The molecule has 1 aliphatic heterocycles. The Morgan fingerprint density at radius 2 is 2.32 bits per heavy atom. The molecule has 0 aromatic carbocycles. The van der Waals surface area contributed by atoms with E-state index in [1.54, 1.807) is 5.48 Å².